The molecule has 0 radical (unpaired) electrons. The molecule has 0 bridgehead atoms. The van der Waals surface area contributed by atoms with E-state index in [0.717, 1.165) is 39.6 Å². The van der Waals surface area contributed by atoms with E-state index in [9.17, 15) is 4.79 Å². The molecule has 162 valence electrons. The van der Waals surface area contributed by atoms with Gasteiger partial charge in [-0.1, -0.05) is 50.6 Å². The molecule has 0 saturated heterocycles. The van der Waals surface area contributed by atoms with Crippen molar-refractivity contribution >= 4 is 17.4 Å². The fourth-order valence-corrected chi connectivity index (χ4v) is 3.34. The molecule has 6 nitrogen and oxygen atoms in total. The molecule has 6 heteroatoms. The van der Waals surface area contributed by atoms with Gasteiger partial charge in [0.15, 0.2) is 0 Å². The molecule has 0 atom stereocenters. The highest BCUT2D eigenvalue weighted by molar-refractivity contribution is 6.00. The summed E-state index contributed by atoms with van der Waals surface area (Å²) in [4.78, 5) is 25.0. The van der Waals surface area contributed by atoms with Gasteiger partial charge < -0.3 is 15.6 Å². The van der Waals surface area contributed by atoms with Crippen molar-refractivity contribution in [3.8, 4) is 22.5 Å². The Morgan fingerprint density at radius 2 is 1.56 bits per heavy atom. The van der Waals surface area contributed by atoms with Gasteiger partial charge in [0.2, 0.25) is 0 Å². The number of aromatic nitrogens is 3. The molecule has 4 rings (SSSR count). The maximum Gasteiger partial charge on any atom is 0.323 e. The van der Waals surface area contributed by atoms with Crippen LogP contribution in [0, 0.1) is 6.92 Å². The van der Waals surface area contributed by atoms with E-state index in [4.69, 9.17) is 4.98 Å². The Hall–Kier alpha value is -3.93. The van der Waals surface area contributed by atoms with Crippen molar-refractivity contribution in [2.24, 2.45) is 0 Å². The minimum atomic E-state index is -0.294. The maximum atomic E-state index is 12.5. The third-order valence-electron chi connectivity index (χ3n) is 5.09. The quantitative estimate of drug-likeness (QED) is 0.354. The minimum absolute atomic E-state index is 0.135. The van der Waals surface area contributed by atoms with Gasteiger partial charge in [-0.15, -0.1) is 0 Å². The molecule has 0 aliphatic carbocycles. The topological polar surface area (TPSA) is 82.7 Å². The minimum Gasteiger partial charge on any atom is -0.341 e. The maximum absolute atomic E-state index is 12.5. The van der Waals surface area contributed by atoms with Gasteiger partial charge in [0, 0.05) is 40.3 Å². The highest BCUT2D eigenvalue weighted by atomic mass is 16.2. The van der Waals surface area contributed by atoms with E-state index in [0.29, 0.717) is 5.69 Å². The van der Waals surface area contributed by atoms with Crippen LogP contribution in [0.2, 0.25) is 0 Å². The van der Waals surface area contributed by atoms with Crippen molar-refractivity contribution < 1.29 is 4.79 Å². The normalized spacial score (nSPS) is 11.2. The lowest BCUT2D eigenvalue weighted by molar-refractivity contribution is 0.262. The number of hydrogen-bond donors (Lipinski definition) is 3. The largest absolute Gasteiger partial charge is 0.341 e. The summed E-state index contributed by atoms with van der Waals surface area (Å²) >= 11 is 0. The van der Waals surface area contributed by atoms with E-state index >= 15 is 0 Å². The Morgan fingerprint density at radius 3 is 2.25 bits per heavy atom. The van der Waals surface area contributed by atoms with Crippen LogP contribution in [0.15, 0.2) is 73.1 Å². The number of urea groups is 1. The van der Waals surface area contributed by atoms with Gasteiger partial charge in [-0.25, -0.2) is 9.78 Å². The van der Waals surface area contributed by atoms with Crippen LogP contribution in [0.5, 0.6) is 0 Å². The van der Waals surface area contributed by atoms with Gasteiger partial charge in [0.05, 0.1) is 11.4 Å². The lowest BCUT2D eigenvalue weighted by Gasteiger charge is -2.14. The Labute approximate surface area is 188 Å². The number of carbonyl (C=O) groups is 1. The number of aryl methyl sites for hydroxylation is 1. The van der Waals surface area contributed by atoms with Crippen LogP contribution in [-0.4, -0.2) is 21.0 Å². The fourth-order valence-electron chi connectivity index (χ4n) is 3.34. The number of carbonyl (C=O) groups excluding carboxylic acids is 1. The summed E-state index contributed by atoms with van der Waals surface area (Å²) in [5.41, 5.74) is 6.12. The zero-order valence-corrected chi connectivity index (χ0v) is 18.7. The standard InChI is InChI=1S/C26H27N5O/c1-17-8-10-20(11-9-17)28-25(32)29-21-7-5-6-19(16-21)23-22(18-12-14-27-15-13-18)30-24(31-23)26(2,3)4/h5-16H,1-4H3,(H,30,31)(H2,28,29,32). The number of imidazole rings is 1. The van der Waals surface area contributed by atoms with Crippen molar-refractivity contribution in [1.82, 2.24) is 15.0 Å². The summed E-state index contributed by atoms with van der Waals surface area (Å²) in [7, 11) is 0. The average molecular weight is 426 g/mol. The van der Waals surface area contributed by atoms with Crippen LogP contribution < -0.4 is 10.6 Å². The SMILES string of the molecule is Cc1ccc(NC(=O)Nc2cccc(-c3nc(C(C)(C)C)[nH]c3-c3ccncc3)c2)cc1. The van der Waals surface area contributed by atoms with E-state index in [1.807, 2.05) is 67.6 Å². The number of aromatic amines is 1. The van der Waals surface area contributed by atoms with Gasteiger partial charge in [0.1, 0.15) is 5.82 Å². The average Bonchev–Trinajstić information content (AvgIpc) is 3.22. The first-order valence-corrected chi connectivity index (χ1v) is 10.6. The molecule has 0 saturated carbocycles. The van der Waals surface area contributed by atoms with Gasteiger partial charge in [-0.05, 0) is 43.3 Å². The molecule has 2 aromatic carbocycles. The van der Waals surface area contributed by atoms with Crippen LogP contribution in [0.25, 0.3) is 22.5 Å². The Balaban J connectivity index is 1.63. The molecule has 0 fully saturated rings. The summed E-state index contributed by atoms with van der Waals surface area (Å²) in [5, 5.41) is 5.77. The number of nitrogens with zero attached hydrogens (tertiary/aromatic N) is 2. The molecule has 4 aromatic rings. The molecule has 2 aromatic heterocycles. The number of benzene rings is 2. The van der Waals surface area contributed by atoms with Gasteiger partial charge in [-0.3, -0.25) is 4.98 Å². The second-order valence-electron chi connectivity index (χ2n) is 8.82. The Morgan fingerprint density at radius 1 is 0.875 bits per heavy atom. The Bertz CT molecular complexity index is 1220. The van der Waals surface area contributed by atoms with E-state index < -0.39 is 0 Å². The third-order valence-corrected chi connectivity index (χ3v) is 5.09. The molecular formula is C26H27N5O. The zero-order valence-electron chi connectivity index (χ0n) is 18.7. The van der Waals surface area contributed by atoms with E-state index in [2.05, 4.69) is 41.4 Å². The molecule has 2 heterocycles. The predicted octanol–water partition coefficient (Wildman–Crippen LogP) is 6.39. The van der Waals surface area contributed by atoms with Gasteiger partial charge >= 0.3 is 6.03 Å². The van der Waals surface area contributed by atoms with Crippen molar-refractivity contribution in [3.63, 3.8) is 0 Å². The molecule has 0 aliphatic rings. The van der Waals surface area contributed by atoms with Crippen LogP contribution >= 0.6 is 0 Å². The first-order valence-electron chi connectivity index (χ1n) is 10.6. The van der Waals surface area contributed by atoms with Crippen LogP contribution in [0.4, 0.5) is 16.2 Å². The number of rotatable bonds is 4. The molecule has 2 amide bonds. The van der Waals surface area contributed by atoms with Gasteiger partial charge in [0.25, 0.3) is 0 Å². The first-order chi connectivity index (χ1) is 15.3. The Kier molecular flexibility index (Phi) is 5.77. The van der Waals surface area contributed by atoms with Crippen molar-refractivity contribution in [2.75, 3.05) is 10.6 Å². The number of H-pyrrole nitrogens is 1. The number of nitrogens with one attached hydrogen (secondary N) is 3. The molecular weight excluding hydrogens is 398 g/mol. The van der Waals surface area contributed by atoms with E-state index in [-0.39, 0.29) is 11.4 Å². The highest BCUT2D eigenvalue weighted by Gasteiger charge is 2.22. The summed E-state index contributed by atoms with van der Waals surface area (Å²) in [5.74, 6) is 0.898. The third kappa shape index (κ3) is 4.86. The summed E-state index contributed by atoms with van der Waals surface area (Å²) in [6.45, 7) is 8.38. The van der Waals surface area contributed by atoms with Crippen molar-refractivity contribution in [3.05, 3.63) is 84.4 Å². The lowest BCUT2D eigenvalue weighted by Crippen LogP contribution is -2.19. The monoisotopic (exact) mass is 425 g/mol. The molecule has 3 N–H and O–H groups in total. The molecule has 0 unspecified atom stereocenters. The van der Waals surface area contributed by atoms with Gasteiger partial charge in [-0.2, -0.15) is 0 Å². The summed E-state index contributed by atoms with van der Waals surface area (Å²) in [6, 6.07) is 19.0. The zero-order chi connectivity index (χ0) is 22.7. The van der Waals surface area contributed by atoms with Crippen LogP contribution in [-0.2, 0) is 5.41 Å². The summed E-state index contributed by atoms with van der Waals surface area (Å²) < 4.78 is 0. The fraction of sp³-hybridized carbons (Fsp3) is 0.192. The first kappa shape index (κ1) is 21.3. The smallest absolute Gasteiger partial charge is 0.323 e. The lowest BCUT2D eigenvalue weighted by atomic mass is 9.96. The number of hydrogen-bond acceptors (Lipinski definition) is 3. The number of anilines is 2. The van der Waals surface area contributed by atoms with Crippen LogP contribution in [0.1, 0.15) is 32.2 Å². The van der Waals surface area contributed by atoms with E-state index in [1.54, 1.807) is 12.4 Å². The second-order valence-corrected chi connectivity index (χ2v) is 8.82. The number of amides is 2. The van der Waals surface area contributed by atoms with Crippen molar-refractivity contribution in [1.29, 1.82) is 0 Å². The highest BCUT2D eigenvalue weighted by Crippen LogP contribution is 2.34. The summed E-state index contributed by atoms with van der Waals surface area (Å²) in [6.07, 6.45) is 3.54. The van der Waals surface area contributed by atoms with Crippen molar-refractivity contribution in [2.45, 2.75) is 33.1 Å². The van der Waals surface area contributed by atoms with Crippen LogP contribution in [0.3, 0.4) is 0 Å². The van der Waals surface area contributed by atoms with E-state index in [1.165, 1.54) is 0 Å². The number of pyridine rings is 1. The molecule has 32 heavy (non-hydrogen) atoms. The molecule has 0 aliphatic heterocycles. The predicted molar refractivity (Wildman–Crippen MR) is 130 cm³/mol. The molecule has 0 spiro atoms. The second kappa shape index (κ2) is 8.67.